The first-order valence-corrected chi connectivity index (χ1v) is 7.66. The molecule has 0 aromatic heterocycles. The highest BCUT2D eigenvalue weighted by molar-refractivity contribution is 5.67. The normalized spacial score (nSPS) is 18.6. The minimum absolute atomic E-state index is 0.000128. The van der Waals surface area contributed by atoms with Crippen LogP contribution in [0.4, 0.5) is 4.39 Å². The van der Waals surface area contributed by atoms with Crippen molar-refractivity contribution in [3.05, 3.63) is 35.1 Å². The number of hydrogen-bond donors (Lipinski definition) is 1. The third kappa shape index (κ3) is 4.53. The Hall–Kier alpha value is -1.42. The van der Waals surface area contributed by atoms with Gasteiger partial charge in [-0.1, -0.05) is 19.1 Å². The second kappa shape index (κ2) is 7.03. The van der Waals surface area contributed by atoms with E-state index in [4.69, 9.17) is 5.11 Å². The van der Waals surface area contributed by atoms with E-state index in [1.54, 1.807) is 13.0 Å². The molecular formula is C17H24FNO2. The summed E-state index contributed by atoms with van der Waals surface area (Å²) in [5.74, 6) is -0.252. The fraction of sp³-hybridized carbons (Fsp3) is 0.588. The Morgan fingerprint density at radius 2 is 2.10 bits per heavy atom. The predicted octanol–water partition coefficient (Wildman–Crippen LogP) is 3.25. The summed E-state index contributed by atoms with van der Waals surface area (Å²) < 4.78 is 13.3. The molecule has 1 fully saturated rings. The second-order valence-corrected chi connectivity index (χ2v) is 6.26. The van der Waals surface area contributed by atoms with E-state index in [9.17, 15) is 9.18 Å². The van der Waals surface area contributed by atoms with Crippen LogP contribution in [0.3, 0.4) is 0 Å². The highest BCUT2D eigenvalue weighted by Gasteiger charge is 2.25. The fourth-order valence-corrected chi connectivity index (χ4v) is 3.03. The van der Waals surface area contributed by atoms with Crippen LogP contribution in [0.1, 0.15) is 37.3 Å². The van der Waals surface area contributed by atoms with E-state index in [1.807, 2.05) is 6.07 Å². The molecule has 3 nitrogen and oxygen atoms in total. The molecule has 0 amide bonds. The van der Waals surface area contributed by atoms with Crippen LogP contribution in [0.25, 0.3) is 0 Å². The molecule has 1 heterocycles. The lowest BCUT2D eigenvalue weighted by atomic mass is 9.94. The first-order valence-electron chi connectivity index (χ1n) is 7.66. The first kappa shape index (κ1) is 16.0. The lowest BCUT2D eigenvalue weighted by Gasteiger charge is -2.36. The van der Waals surface area contributed by atoms with Gasteiger partial charge >= 0.3 is 5.97 Å². The topological polar surface area (TPSA) is 40.5 Å². The third-order valence-electron chi connectivity index (χ3n) is 4.44. The van der Waals surface area contributed by atoms with E-state index >= 15 is 0 Å². The minimum atomic E-state index is -0.766. The number of halogens is 1. The van der Waals surface area contributed by atoms with Crippen molar-refractivity contribution < 1.29 is 14.3 Å². The van der Waals surface area contributed by atoms with Gasteiger partial charge in [0.15, 0.2) is 0 Å². The Bertz CT molecular complexity index is 496. The van der Waals surface area contributed by atoms with Crippen LogP contribution >= 0.6 is 0 Å². The highest BCUT2D eigenvalue weighted by Crippen LogP contribution is 2.22. The van der Waals surface area contributed by atoms with Crippen LogP contribution in [0.2, 0.25) is 0 Å². The minimum Gasteiger partial charge on any atom is -0.481 e. The van der Waals surface area contributed by atoms with Crippen molar-refractivity contribution in [3.8, 4) is 0 Å². The lowest BCUT2D eigenvalue weighted by molar-refractivity contribution is -0.138. The summed E-state index contributed by atoms with van der Waals surface area (Å²) in [6, 6.07) is 5.07. The van der Waals surface area contributed by atoms with Crippen LogP contribution in [0.5, 0.6) is 0 Å². The number of likely N-dealkylation sites (tertiary alicyclic amines) is 1. The van der Waals surface area contributed by atoms with Gasteiger partial charge in [-0.15, -0.1) is 0 Å². The van der Waals surface area contributed by atoms with E-state index in [-0.39, 0.29) is 18.3 Å². The maximum atomic E-state index is 13.3. The number of aliphatic carboxylic acids is 1. The van der Waals surface area contributed by atoms with Gasteiger partial charge in [0, 0.05) is 6.04 Å². The molecular weight excluding hydrogens is 269 g/mol. The predicted molar refractivity (Wildman–Crippen MR) is 80.9 cm³/mol. The smallest absolute Gasteiger partial charge is 0.304 e. The van der Waals surface area contributed by atoms with Gasteiger partial charge in [0.25, 0.3) is 0 Å². The summed E-state index contributed by atoms with van der Waals surface area (Å²) in [4.78, 5) is 13.4. The van der Waals surface area contributed by atoms with Crippen LogP contribution in [0, 0.1) is 18.7 Å². The molecule has 0 saturated carbocycles. The molecule has 4 heteroatoms. The Balaban J connectivity index is 2.08. The number of benzene rings is 1. The molecule has 2 rings (SSSR count). The molecule has 1 aromatic carbocycles. The summed E-state index contributed by atoms with van der Waals surface area (Å²) in [6.07, 6.45) is 3.06. The van der Waals surface area contributed by atoms with E-state index in [0.717, 1.165) is 37.4 Å². The lowest BCUT2D eigenvalue weighted by Crippen LogP contribution is -2.43. The Kier molecular flexibility index (Phi) is 5.34. The van der Waals surface area contributed by atoms with Gasteiger partial charge in [-0.2, -0.15) is 0 Å². The van der Waals surface area contributed by atoms with Crippen molar-refractivity contribution in [1.29, 1.82) is 0 Å². The molecule has 0 spiro atoms. The summed E-state index contributed by atoms with van der Waals surface area (Å²) in [6.45, 7) is 5.90. The molecule has 0 radical (unpaired) electrons. The van der Waals surface area contributed by atoms with Gasteiger partial charge in [-0.3, -0.25) is 9.69 Å². The molecule has 1 N–H and O–H groups in total. The van der Waals surface area contributed by atoms with Gasteiger partial charge in [0.05, 0.1) is 6.42 Å². The Labute approximate surface area is 125 Å². The maximum absolute atomic E-state index is 13.3. The summed E-state index contributed by atoms with van der Waals surface area (Å²) in [5, 5.41) is 9.16. The molecule has 1 unspecified atom stereocenters. The van der Waals surface area contributed by atoms with Crippen LogP contribution in [-0.2, 0) is 11.2 Å². The number of hydrogen-bond acceptors (Lipinski definition) is 2. The maximum Gasteiger partial charge on any atom is 0.304 e. The van der Waals surface area contributed by atoms with E-state index < -0.39 is 5.97 Å². The zero-order valence-corrected chi connectivity index (χ0v) is 12.8. The largest absolute Gasteiger partial charge is 0.481 e. The number of aryl methyl sites for hydroxylation is 1. The molecule has 1 aliphatic rings. The van der Waals surface area contributed by atoms with E-state index in [0.29, 0.717) is 12.0 Å². The van der Waals surface area contributed by atoms with Crippen LogP contribution in [-0.4, -0.2) is 35.1 Å². The van der Waals surface area contributed by atoms with E-state index in [1.165, 1.54) is 6.07 Å². The average molecular weight is 293 g/mol. The quantitative estimate of drug-likeness (QED) is 0.906. The number of nitrogens with zero attached hydrogens (tertiary/aromatic N) is 1. The highest BCUT2D eigenvalue weighted by atomic mass is 19.1. The van der Waals surface area contributed by atoms with Crippen molar-refractivity contribution in [3.63, 3.8) is 0 Å². The number of piperidine rings is 1. The fourth-order valence-electron chi connectivity index (χ4n) is 3.03. The van der Waals surface area contributed by atoms with Gasteiger partial charge in [0.1, 0.15) is 5.82 Å². The average Bonchev–Trinajstić information content (AvgIpc) is 2.42. The number of carboxylic acids is 1. The number of carboxylic acid groups (broad SMARTS) is 1. The zero-order chi connectivity index (χ0) is 15.4. The first-order chi connectivity index (χ1) is 9.95. The Morgan fingerprint density at radius 1 is 1.43 bits per heavy atom. The zero-order valence-electron chi connectivity index (χ0n) is 12.8. The molecule has 1 aromatic rings. The molecule has 1 aliphatic heterocycles. The van der Waals surface area contributed by atoms with Gasteiger partial charge in [-0.05, 0) is 62.4 Å². The van der Waals surface area contributed by atoms with Crippen LogP contribution < -0.4 is 0 Å². The number of rotatable bonds is 5. The molecule has 1 atom stereocenters. The molecule has 1 saturated heterocycles. The monoisotopic (exact) mass is 293 g/mol. The van der Waals surface area contributed by atoms with E-state index in [2.05, 4.69) is 11.8 Å². The van der Waals surface area contributed by atoms with Crippen molar-refractivity contribution >= 4 is 5.97 Å². The summed E-state index contributed by atoms with van der Waals surface area (Å²) in [5.41, 5.74) is 1.63. The molecule has 0 aliphatic carbocycles. The van der Waals surface area contributed by atoms with Crippen molar-refractivity contribution in [1.82, 2.24) is 4.90 Å². The SMILES string of the molecule is Cc1cc(CC(CC(=O)O)N2CCC(C)CC2)ccc1F. The standard InChI is InChI=1S/C17H24FNO2/c1-12-5-7-19(8-6-12)15(11-17(20)21)10-14-3-4-16(18)13(2)9-14/h3-4,9,12,15H,5-8,10-11H2,1-2H3,(H,20,21). The van der Waals surface area contributed by atoms with Crippen molar-refractivity contribution in [2.75, 3.05) is 13.1 Å². The van der Waals surface area contributed by atoms with Crippen LogP contribution in [0.15, 0.2) is 18.2 Å². The second-order valence-electron chi connectivity index (χ2n) is 6.26. The molecule has 21 heavy (non-hydrogen) atoms. The van der Waals surface area contributed by atoms with Gasteiger partial charge in [-0.25, -0.2) is 4.39 Å². The van der Waals surface area contributed by atoms with Crippen molar-refractivity contribution in [2.45, 2.75) is 45.6 Å². The van der Waals surface area contributed by atoms with Crippen molar-refractivity contribution in [2.24, 2.45) is 5.92 Å². The van der Waals surface area contributed by atoms with Gasteiger partial charge in [0.2, 0.25) is 0 Å². The summed E-state index contributed by atoms with van der Waals surface area (Å²) >= 11 is 0. The molecule has 0 bridgehead atoms. The number of carbonyl (C=O) groups is 1. The molecule has 116 valence electrons. The van der Waals surface area contributed by atoms with Gasteiger partial charge < -0.3 is 5.11 Å². The Morgan fingerprint density at radius 3 is 2.67 bits per heavy atom. The third-order valence-corrected chi connectivity index (χ3v) is 4.44. The summed E-state index contributed by atoms with van der Waals surface area (Å²) in [7, 11) is 0.